The average Bonchev–Trinajstić information content (AvgIpc) is 3.12. The Morgan fingerprint density at radius 1 is 0.556 bits per heavy atom. The predicted molar refractivity (Wildman–Crippen MR) is 187 cm³/mol. The zero-order chi connectivity index (χ0) is 34.3. The highest BCUT2D eigenvalue weighted by Crippen LogP contribution is 2.53. The van der Waals surface area contributed by atoms with Crippen LogP contribution in [-0.2, 0) is 4.79 Å². The second kappa shape index (κ2) is 15.2. The summed E-state index contributed by atoms with van der Waals surface area (Å²) in [6.45, 7) is 19.4. The zero-order valence-corrected chi connectivity index (χ0v) is 29.3. The van der Waals surface area contributed by atoms with E-state index in [1.54, 1.807) is 19.1 Å². The lowest BCUT2D eigenvalue weighted by molar-refractivity contribution is -0.216. The van der Waals surface area contributed by atoms with E-state index in [0.717, 1.165) is 22.3 Å². The highest BCUT2D eigenvalue weighted by molar-refractivity contribution is 5.95. The van der Waals surface area contributed by atoms with E-state index in [1.165, 1.54) is 0 Å². The fourth-order valence-corrected chi connectivity index (χ4v) is 6.62. The van der Waals surface area contributed by atoms with Crippen LogP contribution in [-0.4, -0.2) is 49.6 Å². The number of carbonyl (C=O) groups excluding carboxylic acids is 1. The zero-order valence-electron chi connectivity index (χ0n) is 29.3. The first kappa shape index (κ1) is 38.4. The van der Waals surface area contributed by atoms with Crippen LogP contribution in [0.5, 0.6) is 0 Å². The van der Waals surface area contributed by atoms with E-state index in [-0.39, 0.29) is 17.6 Å². The summed E-state index contributed by atoms with van der Waals surface area (Å²) in [7, 11) is 0. The molecule has 2 fully saturated rings. The summed E-state index contributed by atoms with van der Waals surface area (Å²) < 4.78 is 0. The Hall–Kier alpha value is -2.83. The highest BCUT2D eigenvalue weighted by Gasteiger charge is 2.58. The van der Waals surface area contributed by atoms with Gasteiger partial charge in [0.1, 0.15) is 5.60 Å². The Balaban J connectivity index is 1.92. The van der Waals surface area contributed by atoms with Gasteiger partial charge in [0.25, 0.3) is 0 Å². The first-order chi connectivity index (χ1) is 20.7. The first-order valence-corrected chi connectivity index (χ1v) is 16.1. The molecule has 0 bridgehead atoms. The van der Waals surface area contributed by atoms with E-state index in [0.29, 0.717) is 19.3 Å². The molecule has 2 saturated carbocycles. The molecule has 248 valence electrons. The van der Waals surface area contributed by atoms with E-state index in [4.69, 9.17) is 0 Å². The van der Waals surface area contributed by atoms with Crippen molar-refractivity contribution in [2.45, 2.75) is 118 Å². The van der Waals surface area contributed by atoms with Gasteiger partial charge in [-0.15, -0.1) is 0 Å². The quantitative estimate of drug-likeness (QED) is 0.139. The summed E-state index contributed by atoms with van der Waals surface area (Å²) in [4.78, 5) is 12.9. The highest BCUT2D eigenvalue weighted by atomic mass is 16.4. The maximum Gasteiger partial charge on any atom is 0.162 e. The lowest BCUT2D eigenvalue weighted by Gasteiger charge is -2.54. The molecule has 0 radical (unpaired) electrons. The van der Waals surface area contributed by atoms with Crippen molar-refractivity contribution >= 4 is 5.78 Å². The molecule has 2 aliphatic rings. The molecule has 0 spiro atoms. The van der Waals surface area contributed by atoms with Crippen LogP contribution in [0.15, 0.2) is 107 Å². The van der Waals surface area contributed by atoms with Crippen molar-refractivity contribution in [1.82, 2.24) is 0 Å². The van der Waals surface area contributed by atoms with Gasteiger partial charge in [0.2, 0.25) is 0 Å². The summed E-state index contributed by atoms with van der Waals surface area (Å²) in [6.07, 6.45) is 27.6. The van der Waals surface area contributed by atoms with Crippen molar-refractivity contribution in [3.63, 3.8) is 0 Å². The predicted octanol–water partition coefficient (Wildman–Crippen LogP) is 7.97. The van der Waals surface area contributed by atoms with E-state index >= 15 is 0 Å². The van der Waals surface area contributed by atoms with Crippen LogP contribution in [0.4, 0.5) is 0 Å². The Morgan fingerprint density at radius 3 is 1.44 bits per heavy atom. The second-order valence-electron chi connectivity index (χ2n) is 15.0. The number of aliphatic hydroxyl groups is 4. The third kappa shape index (κ3) is 9.83. The van der Waals surface area contributed by atoms with Gasteiger partial charge in [-0.25, -0.2) is 0 Å². The van der Waals surface area contributed by atoms with Gasteiger partial charge in [0.15, 0.2) is 5.78 Å². The molecule has 0 aromatic rings. The van der Waals surface area contributed by atoms with E-state index in [1.807, 2.05) is 121 Å². The number of carbonyl (C=O) groups is 1. The van der Waals surface area contributed by atoms with Gasteiger partial charge in [-0.05, 0) is 71.4 Å². The molecular formula is C40H58O5. The number of hydrogen-bond donors (Lipinski definition) is 4. The molecule has 0 aliphatic heterocycles. The molecule has 4 N–H and O–H groups in total. The van der Waals surface area contributed by atoms with Crippen LogP contribution in [0, 0.1) is 16.2 Å². The van der Waals surface area contributed by atoms with Crippen molar-refractivity contribution in [3.8, 4) is 0 Å². The summed E-state index contributed by atoms with van der Waals surface area (Å²) >= 11 is 0. The molecule has 5 atom stereocenters. The van der Waals surface area contributed by atoms with Crippen LogP contribution in [0.1, 0.15) is 94.9 Å². The van der Waals surface area contributed by atoms with Gasteiger partial charge >= 0.3 is 0 Å². The second-order valence-corrected chi connectivity index (χ2v) is 15.0. The van der Waals surface area contributed by atoms with Gasteiger partial charge in [0.05, 0.1) is 17.8 Å². The smallest absolute Gasteiger partial charge is 0.162 e. The van der Waals surface area contributed by atoms with Crippen LogP contribution in [0.25, 0.3) is 0 Å². The number of hydrogen-bond acceptors (Lipinski definition) is 5. The number of ketones is 1. The molecule has 0 aromatic carbocycles. The fraction of sp³-hybridized carbons (Fsp3) is 0.525. The van der Waals surface area contributed by atoms with Gasteiger partial charge in [-0.2, -0.15) is 0 Å². The van der Waals surface area contributed by atoms with Crippen LogP contribution in [0.2, 0.25) is 0 Å². The fourth-order valence-electron chi connectivity index (χ4n) is 6.62. The molecule has 0 saturated heterocycles. The molecular weight excluding hydrogens is 560 g/mol. The monoisotopic (exact) mass is 618 g/mol. The largest absolute Gasteiger partial charge is 0.393 e. The first-order valence-electron chi connectivity index (χ1n) is 16.1. The molecule has 2 rings (SSSR count). The van der Waals surface area contributed by atoms with Crippen LogP contribution < -0.4 is 0 Å². The van der Waals surface area contributed by atoms with Crippen LogP contribution in [0.3, 0.4) is 0 Å². The standard InChI is InChI=1S/C40H58O5/c1-29(17-13-19-31(3)21-22-35(43)38(9)27-33(41)25-36(38,5)6)15-11-12-16-30(2)18-14-20-32(4)23-24-40(45)37(7,8)26-34(42)28-39(40,10)44/h11-24,33-34,41-42,44-45H,25-28H2,1-10H3/b12-11+,17-13+,18-14+,22-21+,24-23+,29-15+,30-16+,31-19+,32-20+/t33-,34-,38-,39-,40-/m0/s1. The summed E-state index contributed by atoms with van der Waals surface area (Å²) in [5.41, 5.74) is -0.259. The van der Waals surface area contributed by atoms with Gasteiger partial charge in [-0.3, -0.25) is 4.79 Å². The Bertz CT molecular complexity index is 1320. The van der Waals surface area contributed by atoms with Gasteiger partial charge < -0.3 is 20.4 Å². The third-order valence-corrected chi connectivity index (χ3v) is 10.0. The van der Waals surface area contributed by atoms with Crippen molar-refractivity contribution in [2.24, 2.45) is 16.2 Å². The average molecular weight is 619 g/mol. The van der Waals surface area contributed by atoms with E-state index < -0.39 is 34.2 Å². The molecule has 0 heterocycles. The summed E-state index contributed by atoms with van der Waals surface area (Å²) in [6, 6.07) is 0. The van der Waals surface area contributed by atoms with Crippen molar-refractivity contribution in [2.75, 3.05) is 0 Å². The molecule has 2 aliphatic carbocycles. The normalized spacial score (nSPS) is 33.6. The maximum atomic E-state index is 12.9. The van der Waals surface area contributed by atoms with Gasteiger partial charge in [0, 0.05) is 17.3 Å². The molecule has 0 unspecified atom stereocenters. The van der Waals surface area contributed by atoms with E-state index in [2.05, 4.69) is 13.8 Å². The van der Waals surface area contributed by atoms with Crippen molar-refractivity contribution in [1.29, 1.82) is 0 Å². The number of aliphatic hydroxyl groups excluding tert-OH is 2. The van der Waals surface area contributed by atoms with Gasteiger partial charge in [-0.1, -0.05) is 130 Å². The minimum atomic E-state index is -1.46. The van der Waals surface area contributed by atoms with E-state index in [9.17, 15) is 25.2 Å². The molecule has 5 nitrogen and oxygen atoms in total. The Morgan fingerprint density at radius 2 is 0.978 bits per heavy atom. The third-order valence-electron chi connectivity index (χ3n) is 10.0. The SMILES string of the molecule is CC(/C=C/C=C(C)/C=C/C(=O)[C@]1(C)C[C@@H](O)CC1(C)C)=C\C=C\C=C(C)\C=C\C=C(C)\C=C\[C@]1(O)C(C)(C)C[C@H](O)C[C@]1(C)O. The van der Waals surface area contributed by atoms with Crippen LogP contribution >= 0.6 is 0 Å². The minimum Gasteiger partial charge on any atom is -0.393 e. The number of rotatable bonds is 11. The number of allylic oxidation sites excluding steroid dienone is 17. The Kier molecular flexibility index (Phi) is 12.9. The minimum absolute atomic E-state index is 0.0685. The summed E-state index contributed by atoms with van der Waals surface area (Å²) in [5, 5.41) is 42.6. The maximum absolute atomic E-state index is 12.9. The lowest BCUT2D eigenvalue weighted by Crippen LogP contribution is -2.65. The molecule has 0 amide bonds. The molecule has 0 aromatic heterocycles. The van der Waals surface area contributed by atoms with Crippen molar-refractivity contribution in [3.05, 3.63) is 107 Å². The Labute approximate surface area is 272 Å². The molecule has 45 heavy (non-hydrogen) atoms. The topological polar surface area (TPSA) is 98.0 Å². The van der Waals surface area contributed by atoms with Crippen molar-refractivity contribution < 1.29 is 25.2 Å². The summed E-state index contributed by atoms with van der Waals surface area (Å²) in [5.74, 6) is 0.0685. The lowest BCUT2D eigenvalue weighted by atomic mass is 9.57. The molecule has 5 heteroatoms.